The van der Waals surface area contributed by atoms with E-state index in [1.165, 1.54) is 6.92 Å². The van der Waals surface area contributed by atoms with Gasteiger partial charge in [-0.3, -0.25) is 14.4 Å². The van der Waals surface area contributed by atoms with Crippen molar-refractivity contribution < 1.29 is 19.1 Å². The third-order valence-corrected chi connectivity index (χ3v) is 4.17. The number of carbonyl (C=O) groups is 3. The predicted molar refractivity (Wildman–Crippen MR) is 107 cm³/mol. The molecule has 2 aromatic rings. The molecule has 0 saturated heterocycles. The quantitative estimate of drug-likeness (QED) is 0.631. The fourth-order valence-corrected chi connectivity index (χ4v) is 2.86. The summed E-state index contributed by atoms with van der Waals surface area (Å²) in [7, 11) is 0. The van der Waals surface area contributed by atoms with Gasteiger partial charge in [0.15, 0.2) is 6.61 Å². The van der Waals surface area contributed by atoms with Crippen LogP contribution in [0.4, 0.5) is 0 Å². The molecule has 2 aromatic carbocycles. The van der Waals surface area contributed by atoms with E-state index in [1.807, 2.05) is 48.5 Å². The molecule has 0 aromatic heterocycles. The lowest BCUT2D eigenvalue weighted by molar-refractivity contribution is -0.149. The van der Waals surface area contributed by atoms with Crippen molar-refractivity contribution in [3.63, 3.8) is 0 Å². The van der Waals surface area contributed by atoms with Crippen molar-refractivity contribution in [2.24, 2.45) is 0 Å². The molecule has 148 valence electrons. The van der Waals surface area contributed by atoms with Gasteiger partial charge in [-0.05, 0) is 29.7 Å². The maximum Gasteiger partial charge on any atom is 0.308 e. The molecule has 0 fully saturated rings. The van der Waals surface area contributed by atoms with Gasteiger partial charge in [0, 0.05) is 18.5 Å². The minimum absolute atomic E-state index is 0.0562. The number of benzene rings is 2. The molecule has 0 aliphatic heterocycles. The van der Waals surface area contributed by atoms with Crippen LogP contribution in [0.5, 0.6) is 0 Å². The van der Waals surface area contributed by atoms with Crippen molar-refractivity contribution in [2.75, 3.05) is 13.2 Å². The van der Waals surface area contributed by atoms with Gasteiger partial charge >= 0.3 is 5.97 Å². The van der Waals surface area contributed by atoms with Gasteiger partial charge in [0.2, 0.25) is 5.91 Å². The lowest BCUT2D eigenvalue weighted by Crippen LogP contribution is -2.32. The molecule has 0 bridgehead atoms. The first kappa shape index (κ1) is 21.4. The SMILES string of the molecule is CC(=O)N[C@H](CC(=O)OCC(=O)NCCc1cccc(Cl)c1)c1ccccc1. The zero-order valence-corrected chi connectivity index (χ0v) is 16.4. The van der Waals surface area contributed by atoms with Gasteiger partial charge in [0.1, 0.15) is 0 Å². The van der Waals surface area contributed by atoms with E-state index >= 15 is 0 Å². The van der Waals surface area contributed by atoms with Crippen LogP contribution < -0.4 is 10.6 Å². The van der Waals surface area contributed by atoms with Crippen molar-refractivity contribution in [1.82, 2.24) is 10.6 Å². The first-order valence-corrected chi connectivity index (χ1v) is 9.30. The lowest BCUT2D eigenvalue weighted by atomic mass is 10.0. The number of amides is 2. The fraction of sp³-hybridized carbons (Fsp3) is 0.286. The maximum atomic E-state index is 12.1. The monoisotopic (exact) mass is 402 g/mol. The van der Waals surface area contributed by atoms with Crippen molar-refractivity contribution in [2.45, 2.75) is 25.8 Å². The van der Waals surface area contributed by atoms with Gasteiger partial charge in [-0.1, -0.05) is 54.1 Å². The number of ether oxygens (including phenoxy) is 1. The highest BCUT2D eigenvalue weighted by molar-refractivity contribution is 6.30. The highest BCUT2D eigenvalue weighted by atomic mass is 35.5. The Bertz CT molecular complexity index is 811. The highest BCUT2D eigenvalue weighted by Gasteiger charge is 2.18. The Morgan fingerprint density at radius 3 is 2.50 bits per heavy atom. The Morgan fingerprint density at radius 2 is 1.82 bits per heavy atom. The van der Waals surface area contributed by atoms with E-state index < -0.39 is 12.0 Å². The van der Waals surface area contributed by atoms with E-state index in [-0.39, 0.29) is 24.8 Å². The summed E-state index contributed by atoms with van der Waals surface area (Å²) in [6.07, 6.45) is 0.568. The molecule has 28 heavy (non-hydrogen) atoms. The van der Waals surface area contributed by atoms with Gasteiger partial charge in [0.05, 0.1) is 12.5 Å². The Morgan fingerprint density at radius 1 is 1.07 bits per heavy atom. The molecule has 0 saturated carbocycles. The van der Waals surface area contributed by atoms with Gasteiger partial charge in [0.25, 0.3) is 5.91 Å². The smallest absolute Gasteiger partial charge is 0.308 e. The molecule has 0 radical (unpaired) electrons. The van der Waals surface area contributed by atoms with E-state index in [0.717, 1.165) is 11.1 Å². The van der Waals surface area contributed by atoms with E-state index in [2.05, 4.69) is 10.6 Å². The second-order valence-corrected chi connectivity index (χ2v) is 6.69. The molecule has 0 spiro atoms. The second-order valence-electron chi connectivity index (χ2n) is 6.26. The zero-order valence-electron chi connectivity index (χ0n) is 15.6. The Labute approximate surface area is 169 Å². The van der Waals surface area contributed by atoms with Crippen molar-refractivity contribution in [1.29, 1.82) is 0 Å². The van der Waals surface area contributed by atoms with Gasteiger partial charge in [-0.25, -0.2) is 0 Å². The molecule has 2 N–H and O–H groups in total. The van der Waals surface area contributed by atoms with E-state index in [4.69, 9.17) is 16.3 Å². The summed E-state index contributed by atoms with van der Waals surface area (Å²) in [5.41, 5.74) is 1.80. The Balaban J connectivity index is 1.75. The van der Waals surface area contributed by atoms with Gasteiger partial charge in [-0.2, -0.15) is 0 Å². The molecule has 0 heterocycles. The van der Waals surface area contributed by atoms with E-state index in [0.29, 0.717) is 18.0 Å². The molecule has 0 unspecified atom stereocenters. The van der Waals surface area contributed by atoms with Crippen molar-refractivity contribution in [3.8, 4) is 0 Å². The number of hydrogen-bond donors (Lipinski definition) is 2. The number of rotatable bonds is 9. The van der Waals surface area contributed by atoms with Crippen LogP contribution in [0, 0.1) is 0 Å². The summed E-state index contributed by atoms with van der Waals surface area (Å²) in [6.45, 7) is 1.43. The number of halogens is 1. The third-order valence-electron chi connectivity index (χ3n) is 3.94. The normalized spacial score (nSPS) is 11.4. The van der Waals surface area contributed by atoms with E-state index in [9.17, 15) is 14.4 Å². The molecule has 0 aliphatic rings. The Kier molecular flexibility index (Phi) is 8.49. The molecule has 1 atom stereocenters. The molecule has 0 aliphatic carbocycles. The number of hydrogen-bond acceptors (Lipinski definition) is 4. The van der Waals surface area contributed by atoms with Crippen molar-refractivity contribution in [3.05, 3.63) is 70.7 Å². The molecule has 7 heteroatoms. The van der Waals surface area contributed by atoms with Crippen LogP contribution in [0.1, 0.15) is 30.5 Å². The molecular weight excluding hydrogens is 380 g/mol. The van der Waals surface area contributed by atoms with E-state index in [1.54, 1.807) is 6.07 Å². The minimum atomic E-state index is -0.562. The molecule has 2 rings (SSSR count). The largest absolute Gasteiger partial charge is 0.456 e. The van der Waals surface area contributed by atoms with Crippen LogP contribution in [-0.4, -0.2) is 30.9 Å². The van der Waals surface area contributed by atoms with Crippen LogP contribution in [0.3, 0.4) is 0 Å². The standard InChI is InChI=1S/C21H23ClN2O4/c1-15(25)24-19(17-7-3-2-4-8-17)13-21(27)28-14-20(26)23-11-10-16-6-5-9-18(22)12-16/h2-9,12,19H,10-11,13-14H2,1H3,(H,23,26)(H,24,25)/t19-/m1/s1. The topological polar surface area (TPSA) is 84.5 Å². The summed E-state index contributed by atoms with van der Waals surface area (Å²) >= 11 is 5.92. The predicted octanol–water partition coefficient (Wildman–Crippen LogP) is 2.81. The summed E-state index contributed by atoms with van der Waals surface area (Å²) in [6, 6.07) is 16.0. The third kappa shape index (κ3) is 7.80. The first-order chi connectivity index (χ1) is 13.4. The molecule has 2 amide bonds. The fourth-order valence-electron chi connectivity index (χ4n) is 2.64. The summed E-state index contributed by atoms with van der Waals surface area (Å²) < 4.78 is 5.04. The maximum absolute atomic E-state index is 12.1. The Hall–Kier alpha value is -2.86. The first-order valence-electron chi connectivity index (χ1n) is 8.93. The summed E-state index contributed by atoms with van der Waals surface area (Å²) in [5.74, 6) is -1.20. The summed E-state index contributed by atoms with van der Waals surface area (Å²) in [5, 5.41) is 6.06. The van der Waals surface area contributed by atoms with Gasteiger partial charge in [-0.15, -0.1) is 0 Å². The highest BCUT2D eigenvalue weighted by Crippen LogP contribution is 2.17. The average molecular weight is 403 g/mol. The van der Waals surface area contributed by atoms with Gasteiger partial charge < -0.3 is 15.4 Å². The van der Waals surface area contributed by atoms with Crippen LogP contribution >= 0.6 is 11.6 Å². The zero-order chi connectivity index (χ0) is 20.4. The average Bonchev–Trinajstić information content (AvgIpc) is 2.66. The number of esters is 1. The molecule has 6 nitrogen and oxygen atoms in total. The van der Waals surface area contributed by atoms with Crippen LogP contribution in [-0.2, 0) is 25.5 Å². The lowest BCUT2D eigenvalue weighted by Gasteiger charge is -2.17. The van der Waals surface area contributed by atoms with Crippen LogP contribution in [0.2, 0.25) is 5.02 Å². The minimum Gasteiger partial charge on any atom is -0.456 e. The molecular formula is C21H23ClN2O4. The second kappa shape index (κ2) is 11.1. The number of nitrogens with one attached hydrogen (secondary N) is 2. The van der Waals surface area contributed by atoms with Crippen molar-refractivity contribution >= 4 is 29.4 Å². The summed E-state index contributed by atoms with van der Waals surface area (Å²) in [4.78, 5) is 35.3. The van der Waals surface area contributed by atoms with Crippen LogP contribution in [0.15, 0.2) is 54.6 Å². The number of carbonyl (C=O) groups excluding carboxylic acids is 3. The van der Waals surface area contributed by atoms with Crippen LogP contribution in [0.25, 0.3) is 0 Å².